The number of amides is 2. The van der Waals surface area contributed by atoms with Crippen LogP contribution in [0.1, 0.15) is 25.7 Å². The maximum atomic E-state index is 11.7. The summed E-state index contributed by atoms with van der Waals surface area (Å²) in [7, 11) is 0. The quantitative estimate of drug-likeness (QED) is 0.714. The first-order chi connectivity index (χ1) is 7.18. The third-order valence-corrected chi connectivity index (χ3v) is 3.61. The summed E-state index contributed by atoms with van der Waals surface area (Å²) in [4.78, 5) is 25.3. The van der Waals surface area contributed by atoms with Gasteiger partial charge < -0.3 is 10.2 Å². The molecule has 15 heavy (non-hydrogen) atoms. The molecule has 0 aromatic carbocycles. The van der Waals surface area contributed by atoms with Crippen molar-refractivity contribution in [3.63, 3.8) is 0 Å². The fraction of sp³-hybridized carbons (Fsp3) is 0.800. The van der Waals surface area contributed by atoms with Crippen LogP contribution < -0.4 is 5.32 Å². The molecule has 2 rings (SSSR count). The van der Waals surface area contributed by atoms with E-state index in [-0.39, 0.29) is 22.7 Å². The molecule has 84 valence electrons. The Morgan fingerprint density at radius 2 is 2.13 bits per heavy atom. The van der Waals surface area contributed by atoms with Crippen LogP contribution in [0.5, 0.6) is 0 Å². The van der Waals surface area contributed by atoms with Gasteiger partial charge in [0.1, 0.15) is 6.04 Å². The molecule has 0 aromatic rings. The van der Waals surface area contributed by atoms with Crippen LogP contribution in [0, 0.1) is 0 Å². The number of halogens is 1. The number of carbonyl (C=O) groups excluding carboxylic acids is 2. The number of hydrogen-bond acceptors (Lipinski definition) is 2. The summed E-state index contributed by atoms with van der Waals surface area (Å²) in [5.74, 6) is 0.112. The molecular weight excluding hydrogens is 260 g/mol. The van der Waals surface area contributed by atoms with E-state index in [0.717, 1.165) is 25.8 Å². The minimum absolute atomic E-state index is 0.0162. The number of likely N-dealkylation sites (tertiary alicyclic amines) is 1. The van der Waals surface area contributed by atoms with Crippen molar-refractivity contribution in [2.75, 3.05) is 13.1 Å². The second-order valence-corrected chi connectivity index (χ2v) is 5.45. The predicted octanol–water partition coefficient (Wildman–Crippen LogP) is 0.651. The van der Waals surface area contributed by atoms with E-state index in [1.807, 2.05) is 0 Å². The number of carbonyl (C=O) groups is 2. The van der Waals surface area contributed by atoms with Crippen molar-refractivity contribution in [2.24, 2.45) is 0 Å². The Balaban J connectivity index is 2.07. The smallest absolute Gasteiger partial charge is 0.242 e. The zero-order valence-corrected chi connectivity index (χ0v) is 10.1. The van der Waals surface area contributed by atoms with E-state index in [1.54, 1.807) is 4.90 Å². The second-order valence-electron chi connectivity index (χ2n) is 4.15. The summed E-state index contributed by atoms with van der Waals surface area (Å²) in [6, 6.07) is -0.234. The van der Waals surface area contributed by atoms with Gasteiger partial charge in [0.05, 0.1) is 0 Å². The van der Waals surface area contributed by atoms with Gasteiger partial charge in [0, 0.05) is 24.3 Å². The van der Waals surface area contributed by atoms with Gasteiger partial charge >= 0.3 is 0 Å². The molecule has 2 aliphatic heterocycles. The molecule has 0 bridgehead atoms. The zero-order valence-electron chi connectivity index (χ0n) is 8.54. The Morgan fingerprint density at radius 1 is 1.33 bits per heavy atom. The molecule has 2 fully saturated rings. The number of nitrogens with one attached hydrogen (secondary N) is 1. The molecule has 4 nitrogen and oxygen atoms in total. The summed E-state index contributed by atoms with van der Waals surface area (Å²) in [6.07, 6.45) is 3.35. The predicted molar refractivity (Wildman–Crippen MR) is 59.7 cm³/mol. The molecule has 2 aliphatic rings. The van der Waals surface area contributed by atoms with E-state index < -0.39 is 0 Å². The molecule has 2 atom stereocenters. The van der Waals surface area contributed by atoms with Gasteiger partial charge in [-0.15, -0.1) is 0 Å². The lowest BCUT2D eigenvalue weighted by Crippen LogP contribution is -2.46. The van der Waals surface area contributed by atoms with Gasteiger partial charge in [-0.05, 0) is 19.3 Å². The summed E-state index contributed by atoms with van der Waals surface area (Å²) in [6.45, 7) is 1.41. The van der Waals surface area contributed by atoms with Crippen molar-refractivity contribution in [1.29, 1.82) is 0 Å². The van der Waals surface area contributed by atoms with Crippen LogP contribution in [0.25, 0.3) is 0 Å². The van der Waals surface area contributed by atoms with Gasteiger partial charge in [-0.25, -0.2) is 0 Å². The van der Waals surface area contributed by atoms with Gasteiger partial charge in [0.25, 0.3) is 0 Å². The molecule has 5 heteroatoms. The zero-order chi connectivity index (χ0) is 10.8. The first-order valence-corrected chi connectivity index (χ1v) is 6.31. The van der Waals surface area contributed by atoms with Crippen molar-refractivity contribution in [1.82, 2.24) is 10.2 Å². The maximum Gasteiger partial charge on any atom is 0.242 e. The third kappa shape index (κ3) is 2.33. The molecule has 1 N–H and O–H groups in total. The summed E-state index contributed by atoms with van der Waals surface area (Å²) in [5.41, 5.74) is 0. The van der Waals surface area contributed by atoms with E-state index in [2.05, 4.69) is 21.2 Å². The van der Waals surface area contributed by atoms with Gasteiger partial charge in [-0.1, -0.05) is 15.9 Å². The minimum atomic E-state index is -0.234. The highest BCUT2D eigenvalue weighted by atomic mass is 79.9. The fourth-order valence-corrected chi connectivity index (χ4v) is 2.80. The normalized spacial score (nSPS) is 32.7. The van der Waals surface area contributed by atoms with Crippen molar-refractivity contribution >= 4 is 27.7 Å². The highest BCUT2D eigenvalue weighted by Crippen LogP contribution is 2.23. The van der Waals surface area contributed by atoms with Crippen molar-refractivity contribution in [2.45, 2.75) is 36.6 Å². The van der Waals surface area contributed by atoms with Gasteiger partial charge in [-0.3, -0.25) is 9.59 Å². The van der Waals surface area contributed by atoms with Crippen LogP contribution >= 0.6 is 15.9 Å². The van der Waals surface area contributed by atoms with E-state index in [1.165, 1.54) is 0 Å². The number of hydrogen-bond donors (Lipinski definition) is 1. The molecule has 0 aromatic heterocycles. The average molecular weight is 275 g/mol. The Bertz CT molecular complexity index is 283. The van der Waals surface area contributed by atoms with Crippen LogP contribution in [-0.2, 0) is 9.59 Å². The van der Waals surface area contributed by atoms with Crippen molar-refractivity contribution < 1.29 is 9.59 Å². The summed E-state index contributed by atoms with van der Waals surface area (Å²) >= 11 is 3.43. The van der Waals surface area contributed by atoms with Crippen LogP contribution in [0.4, 0.5) is 0 Å². The van der Waals surface area contributed by atoms with Gasteiger partial charge in [0.15, 0.2) is 0 Å². The lowest BCUT2D eigenvalue weighted by atomic mass is 10.1. The lowest BCUT2D eigenvalue weighted by molar-refractivity contribution is -0.137. The van der Waals surface area contributed by atoms with E-state index in [4.69, 9.17) is 0 Å². The van der Waals surface area contributed by atoms with E-state index >= 15 is 0 Å². The monoisotopic (exact) mass is 274 g/mol. The maximum absolute atomic E-state index is 11.7. The number of alkyl halides is 1. The second kappa shape index (κ2) is 4.51. The largest absolute Gasteiger partial charge is 0.354 e. The first-order valence-electron chi connectivity index (χ1n) is 5.40. The minimum Gasteiger partial charge on any atom is -0.354 e. The van der Waals surface area contributed by atoms with E-state index in [9.17, 15) is 9.59 Å². The SMILES string of the molecule is O=C1NCCCCC1N1CC(Br)CC1=O. The highest BCUT2D eigenvalue weighted by Gasteiger charge is 2.36. The molecular formula is C10H15BrN2O2. The third-order valence-electron chi connectivity index (χ3n) is 2.99. The highest BCUT2D eigenvalue weighted by molar-refractivity contribution is 9.09. The van der Waals surface area contributed by atoms with Crippen LogP contribution in [0.3, 0.4) is 0 Å². The summed E-state index contributed by atoms with van der Waals surface area (Å²) in [5, 5.41) is 2.86. The Kier molecular flexibility index (Phi) is 3.29. The topological polar surface area (TPSA) is 49.4 Å². The molecule has 0 aliphatic carbocycles. The Morgan fingerprint density at radius 3 is 2.80 bits per heavy atom. The molecule has 0 spiro atoms. The fourth-order valence-electron chi connectivity index (χ4n) is 2.21. The van der Waals surface area contributed by atoms with Crippen LogP contribution in [0.2, 0.25) is 0 Å². The average Bonchev–Trinajstić information content (AvgIpc) is 2.39. The standard InChI is InChI=1S/C10H15BrN2O2/c11-7-5-9(14)13(6-7)8-3-1-2-4-12-10(8)15/h7-8H,1-6H2,(H,12,15). The lowest BCUT2D eigenvalue weighted by Gasteiger charge is -2.25. The molecule has 2 saturated heterocycles. The van der Waals surface area contributed by atoms with E-state index in [0.29, 0.717) is 13.0 Å². The number of nitrogens with zero attached hydrogens (tertiary/aromatic N) is 1. The Labute approximate surface area is 97.5 Å². The van der Waals surface area contributed by atoms with Crippen LogP contribution in [-0.4, -0.2) is 40.7 Å². The van der Waals surface area contributed by atoms with Crippen LogP contribution in [0.15, 0.2) is 0 Å². The molecule has 2 unspecified atom stereocenters. The molecule has 2 heterocycles. The molecule has 0 radical (unpaired) electrons. The van der Waals surface area contributed by atoms with Gasteiger partial charge in [-0.2, -0.15) is 0 Å². The molecule has 0 saturated carbocycles. The molecule has 2 amide bonds. The summed E-state index contributed by atoms with van der Waals surface area (Å²) < 4.78 is 0. The Hall–Kier alpha value is -0.580. The van der Waals surface area contributed by atoms with Crippen molar-refractivity contribution in [3.8, 4) is 0 Å². The first kappa shape index (κ1) is 10.9. The van der Waals surface area contributed by atoms with Crippen molar-refractivity contribution in [3.05, 3.63) is 0 Å². The number of rotatable bonds is 1. The van der Waals surface area contributed by atoms with Gasteiger partial charge in [0.2, 0.25) is 11.8 Å².